The van der Waals surface area contributed by atoms with Gasteiger partial charge in [0.05, 0.1) is 11.1 Å². The number of rotatable bonds is 6. The number of ether oxygens (including phenoxy) is 1. The molecule has 0 spiro atoms. The van der Waals surface area contributed by atoms with Crippen molar-refractivity contribution in [1.82, 2.24) is 0 Å². The standard InChI is InChI=1S/C11H14BrFOS/c1-2-15-7-3-6-14-9-4-5-11(13)10(12)8-9/h4-5,8H,2-3,6-7H2,1H3. The molecule has 1 aromatic carbocycles. The molecule has 84 valence electrons. The number of thioether (sulfide) groups is 1. The first-order valence-corrected chi connectivity index (χ1v) is 6.84. The van der Waals surface area contributed by atoms with Crippen molar-refractivity contribution >= 4 is 27.7 Å². The summed E-state index contributed by atoms with van der Waals surface area (Å²) in [6, 6.07) is 4.70. The molecule has 0 bridgehead atoms. The van der Waals surface area contributed by atoms with Gasteiger partial charge in [0.15, 0.2) is 0 Å². The molecule has 0 unspecified atom stereocenters. The summed E-state index contributed by atoms with van der Waals surface area (Å²) < 4.78 is 18.8. The third-order valence-electron chi connectivity index (χ3n) is 1.80. The van der Waals surface area contributed by atoms with E-state index in [2.05, 4.69) is 22.9 Å². The first kappa shape index (κ1) is 12.8. The van der Waals surface area contributed by atoms with Crippen LogP contribution in [-0.2, 0) is 0 Å². The number of benzene rings is 1. The van der Waals surface area contributed by atoms with Gasteiger partial charge in [0.25, 0.3) is 0 Å². The van der Waals surface area contributed by atoms with E-state index in [1.165, 1.54) is 6.07 Å². The normalized spacial score (nSPS) is 10.3. The molecule has 0 heterocycles. The van der Waals surface area contributed by atoms with Gasteiger partial charge in [-0.1, -0.05) is 6.92 Å². The van der Waals surface area contributed by atoms with Gasteiger partial charge in [-0.2, -0.15) is 11.8 Å². The molecule has 0 saturated heterocycles. The fourth-order valence-electron chi connectivity index (χ4n) is 1.06. The lowest BCUT2D eigenvalue weighted by Gasteiger charge is -2.06. The van der Waals surface area contributed by atoms with E-state index in [1.54, 1.807) is 12.1 Å². The molecule has 0 saturated carbocycles. The molecule has 0 fully saturated rings. The minimum atomic E-state index is -0.260. The summed E-state index contributed by atoms with van der Waals surface area (Å²) in [5.74, 6) is 2.70. The summed E-state index contributed by atoms with van der Waals surface area (Å²) in [6.07, 6.45) is 1.02. The Morgan fingerprint density at radius 1 is 1.47 bits per heavy atom. The van der Waals surface area contributed by atoms with Crippen LogP contribution in [0.4, 0.5) is 4.39 Å². The van der Waals surface area contributed by atoms with Gasteiger partial charge in [-0.3, -0.25) is 0 Å². The fourth-order valence-corrected chi connectivity index (χ4v) is 2.03. The first-order valence-electron chi connectivity index (χ1n) is 4.89. The molecule has 1 rings (SSSR count). The van der Waals surface area contributed by atoms with Gasteiger partial charge in [-0.25, -0.2) is 4.39 Å². The van der Waals surface area contributed by atoms with Crippen LogP contribution < -0.4 is 4.74 Å². The SMILES string of the molecule is CCSCCCOc1ccc(F)c(Br)c1. The second kappa shape index (κ2) is 7.12. The molecule has 0 aliphatic heterocycles. The molecule has 0 atom stereocenters. The zero-order chi connectivity index (χ0) is 11.1. The minimum absolute atomic E-state index is 0.260. The Labute approximate surface area is 103 Å². The summed E-state index contributed by atoms with van der Waals surface area (Å²) in [5.41, 5.74) is 0. The maximum absolute atomic E-state index is 12.9. The van der Waals surface area contributed by atoms with Crippen LogP contribution >= 0.6 is 27.7 Å². The van der Waals surface area contributed by atoms with E-state index in [0.717, 1.165) is 17.9 Å². The highest BCUT2D eigenvalue weighted by Crippen LogP contribution is 2.21. The Bertz CT molecular complexity index is 307. The Balaban J connectivity index is 2.28. The lowest BCUT2D eigenvalue weighted by molar-refractivity contribution is 0.318. The highest BCUT2D eigenvalue weighted by atomic mass is 79.9. The summed E-state index contributed by atoms with van der Waals surface area (Å²) >= 11 is 5.02. The van der Waals surface area contributed by atoms with Crippen molar-refractivity contribution in [1.29, 1.82) is 0 Å². The van der Waals surface area contributed by atoms with Crippen molar-refractivity contribution in [3.63, 3.8) is 0 Å². The maximum Gasteiger partial charge on any atom is 0.137 e. The van der Waals surface area contributed by atoms with Crippen molar-refractivity contribution in [2.24, 2.45) is 0 Å². The predicted octanol–water partition coefficient (Wildman–Crippen LogP) is 4.11. The molecular formula is C11H14BrFOS. The van der Waals surface area contributed by atoms with Crippen LogP contribution in [-0.4, -0.2) is 18.1 Å². The lowest BCUT2D eigenvalue weighted by Crippen LogP contribution is -1.99. The topological polar surface area (TPSA) is 9.23 Å². The molecule has 4 heteroatoms. The van der Waals surface area contributed by atoms with E-state index >= 15 is 0 Å². The third-order valence-corrected chi connectivity index (χ3v) is 3.39. The molecule has 0 aliphatic rings. The van der Waals surface area contributed by atoms with Crippen molar-refractivity contribution in [3.8, 4) is 5.75 Å². The van der Waals surface area contributed by atoms with Gasteiger partial charge in [0.1, 0.15) is 11.6 Å². The quantitative estimate of drug-likeness (QED) is 0.730. The maximum atomic E-state index is 12.9. The van der Waals surface area contributed by atoms with Crippen LogP contribution in [0.25, 0.3) is 0 Å². The lowest BCUT2D eigenvalue weighted by atomic mass is 10.3. The van der Waals surface area contributed by atoms with Crippen LogP contribution in [0.5, 0.6) is 5.75 Å². The van der Waals surface area contributed by atoms with Crippen LogP contribution in [0.3, 0.4) is 0 Å². The molecule has 1 nitrogen and oxygen atoms in total. The molecule has 1 aromatic rings. The second-order valence-electron chi connectivity index (χ2n) is 2.97. The molecule has 0 amide bonds. The van der Waals surface area contributed by atoms with Gasteiger partial charge in [0.2, 0.25) is 0 Å². The molecular weight excluding hydrogens is 279 g/mol. The number of halogens is 2. The van der Waals surface area contributed by atoms with E-state index in [0.29, 0.717) is 16.8 Å². The van der Waals surface area contributed by atoms with Crippen molar-refractivity contribution in [3.05, 3.63) is 28.5 Å². The van der Waals surface area contributed by atoms with Crippen LogP contribution in [0.2, 0.25) is 0 Å². The Kier molecular flexibility index (Phi) is 6.10. The third kappa shape index (κ3) is 4.89. The van der Waals surface area contributed by atoms with Crippen molar-refractivity contribution in [2.45, 2.75) is 13.3 Å². The summed E-state index contributed by atoms with van der Waals surface area (Å²) in [4.78, 5) is 0. The van der Waals surface area contributed by atoms with Gasteiger partial charge >= 0.3 is 0 Å². The van der Waals surface area contributed by atoms with Crippen molar-refractivity contribution in [2.75, 3.05) is 18.1 Å². The van der Waals surface area contributed by atoms with E-state index < -0.39 is 0 Å². The highest BCUT2D eigenvalue weighted by Gasteiger charge is 2.00. The average molecular weight is 293 g/mol. The number of hydrogen-bond acceptors (Lipinski definition) is 2. The second-order valence-corrected chi connectivity index (χ2v) is 5.22. The smallest absolute Gasteiger partial charge is 0.137 e. The predicted molar refractivity (Wildman–Crippen MR) is 67.2 cm³/mol. The van der Waals surface area contributed by atoms with E-state index in [-0.39, 0.29) is 5.82 Å². The Morgan fingerprint density at radius 2 is 2.27 bits per heavy atom. The molecule has 0 aliphatic carbocycles. The highest BCUT2D eigenvalue weighted by molar-refractivity contribution is 9.10. The largest absolute Gasteiger partial charge is 0.494 e. The minimum Gasteiger partial charge on any atom is -0.494 e. The van der Waals surface area contributed by atoms with Crippen molar-refractivity contribution < 1.29 is 9.13 Å². The Hall–Kier alpha value is -0.220. The fraction of sp³-hybridized carbons (Fsp3) is 0.455. The first-order chi connectivity index (χ1) is 7.24. The van der Waals surface area contributed by atoms with Gasteiger partial charge in [0, 0.05) is 0 Å². The molecule has 0 radical (unpaired) electrons. The van der Waals surface area contributed by atoms with E-state index in [4.69, 9.17) is 4.74 Å². The van der Waals surface area contributed by atoms with E-state index in [1.807, 2.05) is 11.8 Å². The van der Waals surface area contributed by atoms with Crippen LogP contribution in [0.1, 0.15) is 13.3 Å². The number of hydrogen-bond donors (Lipinski definition) is 0. The summed E-state index contributed by atoms with van der Waals surface area (Å²) in [7, 11) is 0. The molecule has 15 heavy (non-hydrogen) atoms. The zero-order valence-electron chi connectivity index (χ0n) is 8.63. The summed E-state index contributed by atoms with van der Waals surface area (Å²) in [6.45, 7) is 2.83. The molecule has 0 N–H and O–H groups in total. The Morgan fingerprint density at radius 3 is 2.93 bits per heavy atom. The monoisotopic (exact) mass is 292 g/mol. The average Bonchev–Trinajstić information content (AvgIpc) is 2.23. The van der Waals surface area contributed by atoms with Gasteiger partial charge < -0.3 is 4.74 Å². The van der Waals surface area contributed by atoms with Gasteiger partial charge in [-0.15, -0.1) is 0 Å². The summed E-state index contributed by atoms with van der Waals surface area (Å²) in [5, 5.41) is 0. The van der Waals surface area contributed by atoms with Crippen LogP contribution in [0.15, 0.2) is 22.7 Å². The van der Waals surface area contributed by atoms with Crippen LogP contribution in [0, 0.1) is 5.82 Å². The van der Waals surface area contributed by atoms with Gasteiger partial charge in [-0.05, 0) is 52.1 Å². The van der Waals surface area contributed by atoms with E-state index in [9.17, 15) is 4.39 Å². The molecule has 0 aromatic heterocycles. The zero-order valence-corrected chi connectivity index (χ0v) is 11.0.